The molecule has 0 fully saturated rings. The Morgan fingerprint density at radius 1 is 1.03 bits per heavy atom. The van der Waals surface area contributed by atoms with Crippen molar-refractivity contribution in [2.75, 3.05) is 12.4 Å². The Morgan fingerprint density at radius 2 is 1.69 bits per heavy atom. The number of halogens is 3. The van der Waals surface area contributed by atoms with Gasteiger partial charge in [-0.05, 0) is 35.9 Å². The molecule has 202 valence electrons. The van der Waals surface area contributed by atoms with Crippen LogP contribution in [0.15, 0.2) is 83.9 Å². The Kier molecular flexibility index (Phi) is 7.22. The number of aromatic nitrogens is 1. The van der Waals surface area contributed by atoms with Crippen LogP contribution >= 0.6 is 0 Å². The Bertz CT molecular complexity index is 1680. The SMILES string of the molecule is COc1c(C(F)(F)F)cn(-c2cccc(C(=N)N)c2)c1C(=O)Nc1ccc(-c2ccccc2S(N)(=O)=O)cc1. The van der Waals surface area contributed by atoms with Crippen LogP contribution in [0.3, 0.4) is 0 Å². The highest BCUT2D eigenvalue weighted by atomic mass is 32.2. The number of nitrogens with two attached hydrogens (primary N) is 2. The maximum atomic E-state index is 13.8. The third kappa shape index (κ3) is 5.63. The molecule has 4 aromatic rings. The van der Waals surface area contributed by atoms with Crippen LogP contribution in [-0.2, 0) is 16.2 Å². The number of amidine groups is 1. The van der Waals surface area contributed by atoms with Gasteiger partial charge in [-0.2, -0.15) is 13.2 Å². The molecule has 0 saturated carbocycles. The van der Waals surface area contributed by atoms with Crippen LogP contribution in [0, 0.1) is 5.41 Å². The third-order valence-electron chi connectivity index (χ3n) is 5.77. The summed E-state index contributed by atoms with van der Waals surface area (Å²) in [6.45, 7) is 0. The van der Waals surface area contributed by atoms with Crippen molar-refractivity contribution in [1.82, 2.24) is 4.57 Å². The Labute approximate surface area is 221 Å². The predicted octanol–water partition coefficient (Wildman–Crippen LogP) is 4.36. The largest absolute Gasteiger partial charge is 0.494 e. The van der Waals surface area contributed by atoms with E-state index in [-0.39, 0.29) is 27.7 Å². The number of rotatable bonds is 7. The topological polar surface area (TPSA) is 153 Å². The van der Waals surface area contributed by atoms with Crippen LogP contribution in [0.2, 0.25) is 0 Å². The van der Waals surface area contributed by atoms with Crippen LogP contribution < -0.4 is 20.9 Å². The minimum Gasteiger partial charge on any atom is -0.494 e. The molecule has 6 N–H and O–H groups in total. The number of carbonyl (C=O) groups excluding carboxylic acids is 1. The first-order valence-electron chi connectivity index (χ1n) is 11.2. The number of hydrogen-bond acceptors (Lipinski definition) is 5. The van der Waals surface area contributed by atoms with Crippen molar-refractivity contribution in [2.24, 2.45) is 10.9 Å². The zero-order chi connectivity index (χ0) is 28.5. The summed E-state index contributed by atoms with van der Waals surface area (Å²) in [5.41, 5.74) is 5.37. The van der Waals surface area contributed by atoms with Gasteiger partial charge in [0.05, 0.1) is 12.0 Å². The molecule has 13 heteroatoms. The lowest BCUT2D eigenvalue weighted by atomic mass is 10.1. The maximum Gasteiger partial charge on any atom is 0.421 e. The molecule has 3 aromatic carbocycles. The Hall–Kier alpha value is -4.62. The monoisotopic (exact) mass is 557 g/mol. The van der Waals surface area contributed by atoms with Crippen LogP contribution in [0.4, 0.5) is 18.9 Å². The lowest BCUT2D eigenvalue weighted by molar-refractivity contribution is -0.138. The average Bonchev–Trinajstić information content (AvgIpc) is 3.29. The molecule has 0 aliphatic rings. The van der Waals surface area contributed by atoms with E-state index in [2.05, 4.69) is 5.32 Å². The van der Waals surface area contributed by atoms with Crippen LogP contribution in [0.25, 0.3) is 16.8 Å². The van der Waals surface area contributed by atoms with Crippen LogP contribution in [0.5, 0.6) is 5.75 Å². The van der Waals surface area contributed by atoms with Crippen molar-refractivity contribution in [3.05, 3.63) is 95.8 Å². The van der Waals surface area contributed by atoms with Gasteiger partial charge in [0.1, 0.15) is 11.4 Å². The molecule has 1 heterocycles. The number of methoxy groups -OCH3 is 1. The molecular formula is C26H22F3N5O4S. The summed E-state index contributed by atoms with van der Waals surface area (Å²) < 4.78 is 71.4. The van der Waals surface area contributed by atoms with Gasteiger partial charge in [0.15, 0.2) is 11.4 Å². The molecule has 9 nitrogen and oxygen atoms in total. The number of primary sulfonamides is 1. The van der Waals surface area contributed by atoms with Gasteiger partial charge in [-0.25, -0.2) is 13.6 Å². The first kappa shape index (κ1) is 27.4. The molecule has 0 aliphatic carbocycles. The predicted molar refractivity (Wildman–Crippen MR) is 140 cm³/mol. The fraction of sp³-hybridized carbons (Fsp3) is 0.0769. The number of alkyl halides is 3. The zero-order valence-corrected chi connectivity index (χ0v) is 21.1. The van der Waals surface area contributed by atoms with E-state index < -0.39 is 39.1 Å². The second kappa shape index (κ2) is 10.3. The van der Waals surface area contributed by atoms with Gasteiger partial charge in [0, 0.05) is 28.7 Å². The molecule has 0 saturated heterocycles. The molecule has 0 spiro atoms. The van der Waals surface area contributed by atoms with E-state index in [1.165, 1.54) is 60.7 Å². The van der Waals surface area contributed by atoms with E-state index >= 15 is 0 Å². The second-order valence-corrected chi connectivity index (χ2v) is 9.86. The zero-order valence-electron chi connectivity index (χ0n) is 20.3. The van der Waals surface area contributed by atoms with Gasteiger partial charge in [-0.1, -0.05) is 42.5 Å². The molecule has 39 heavy (non-hydrogen) atoms. The van der Waals surface area contributed by atoms with Crippen molar-refractivity contribution in [2.45, 2.75) is 11.1 Å². The summed E-state index contributed by atoms with van der Waals surface area (Å²) >= 11 is 0. The molecule has 0 unspecified atom stereocenters. The van der Waals surface area contributed by atoms with E-state index in [4.69, 9.17) is 21.0 Å². The summed E-state index contributed by atoms with van der Waals surface area (Å²) in [4.78, 5) is 13.3. The normalized spacial score (nSPS) is 11.7. The molecule has 0 atom stereocenters. The molecular weight excluding hydrogens is 535 g/mol. The fourth-order valence-electron chi connectivity index (χ4n) is 4.01. The maximum absolute atomic E-state index is 13.8. The summed E-state index contributed by atoms with van der Waals surface area (Å²) in [6, 6.07) is 17.9. The summed E-state index contributed by atoms with van der Waals surface area (Å²) in [7, 11) is -2.98. The van der Waals surface area contributed by atoms with Crippen molar-refractivity contribution >= 4 is 27.5 Å². The summed E-state index contributed by atoms with van der Waals surface area (Å²) in [5.74, 6) is -1.90. The van der Waals surface area contributed by atoms with Crippen molar-refractivity contribution in [3.8, 4) is 22.6 Å². The van der Waals surface area contributed by atoms with E-state index in [0.29, 0.717) is 11.1 Å². The van der Waals surface area contributed by atoms with Crippen molar-refractivity contribution in [1.29, 1.82) is 5.41 Å². The van der Waals surface area contributed by atoms with Gasteiger partial charge in [-0.3, -0.25) is 10.2 Å². The van der Waals surface area contributed by atoms with Crippen LogP contribution in [-0.4, -0.2) is 31.8 Å². The van der Waals surface area contributed by atoms with Gasteiger partial charge in [0.25, 0.3) is 5.91 Å². The van der Waals surface area contributed by atoms with E-state index in [1.54, 1.807) is 12.1 Å². The Balaban J connectivity index is 1.75. The number of nitrogen functional groups attached to an aromatic ring is 1. The fourth-order valence-corrected chi connectivity index (χ4v) is 4.77. The lowest BCUT2D eigenvalue weighted by Gasteiger charge is -2.13. The number of nitrogens with zero attached hydrogens (tertiary/aromatic N) is 1. The number of hydrogen-bond donors (Lipinski definition) is 4. The van der Waals surface area contributed by atoms with E-state index in [9.17, 15) is 26.4 Å². The molecule has 4 rings (SSSR count). The molecule has 0 radical (unpaired) electrons. The number of amides is 1. The van der Waals surface area contributed by atoms with Gasteiger partial charge in [-0.15, -0.1) is 0 Å². The first-order chi connectivity index (χ1) is 18.3. The van der Waals surface area contributed by atoms with Gasteiger partial charge < -0.3 is 20.4 Å². The van der Waals surface area contributed by atoms with Crippen molar-refractivity contribution < 1.29 is 31.1 Å². The average molecular weight is 558 g/mol. The lowest BCUT2D eigenvalue weighted by Crippen LogP contribution is -2.18. The number of nitrogens with one attached hydrogen (secondary N) is 2. The highest BCUT2D eigenvalue weighted by Gasteiger charge is 2.40. The highest BCUT2D eigenvalue weighted by molar-refractivity contribution is 7.89. The number of sulfonamides is 1. The second-order valence-electron chi connectivity index (χ2n) is 8.33. The summed E-state index contributed by atoms with van der Waals surface area (Å²) in [6.07, 6.45) is -4.09. The van der Waals surface area contributed by atoms with Crippen LogP contribution in [0.1, 0.15) is 21.6 Å². The first-order valence-corrected chi connectivity index (χ1v) is 12.7. The summed E-state index contributed by atoms with van der Waals surface area (Å²) in [5, 5.41) is 15.5. The van der Waals surface area contributed by atoms with Crippen molar-refractivity contribution in [3.63, 3.8) is 0 Å². The van der Waals surface area contributed by atoms with Gasteiger partial charge >= 0.3 is 6.18 Å². The Morgan fingerprint density at radius 3 is 2.28 bits per heavy atom. The minimum absolute atomic E-state index is 0.0863. The number of ether oxygens (including phenoxy) is 1. The molecule has 1 aromatic heterocycles. The minimum atomic E-state index is -4.83. The highest BCUT2D eigenvalue weighted by Crippen LogP contribution is 2.41. The number of benzene rings is 3. The number of anilines is 1. The number of carbonyl (C=O) groups is 1. The van der Waals surface area contributed by atoms with E-state index in [1.807, 2.05) is 0 Å². The van der Waals surface area contributed by atoms with E-state index in [0.717, 1.165) is 17.9 Å². The quantitative estimate of drug-likeness (QED) is 0.197. The molecule has 1 amide bonds. The smallest absolute Gasteiger partial charge is 0.421 e. The third-order valence-corrected chi connectivity index (χ3v) is 6.74. The standard InChI is InChI=1S/C26H22F3N5O4S/c1-38-23-20(26(27,28)29)14-34(18-6-4-5-16(13-18)24(30)31)22(23)25(35)33-17-11-9-15(10-12-17)19-7-2-3-8-21(19)39(32,36)37/h2-14H,1H3,(H3,30,31)(H,33,35)(H2,32,36,37). The molecule has 0 aliphatic heterocycles. The molecule has 0 bridgehead atoms. The van der Waals surface area contributed by atoms with Gasteiger partial charge in [0.2, 0.25) is 10.0 Å².